The average molecular weight is 430 g/mol. The summed E-state index contributed by atoms with van der Waals surface area (Å²) in [7, 11) is 0. The quantitative estimate of drug-likeness (QED) is 0.548. The normalized spacial score (nSPS) is 23.5. The van der Waals surface area contributed by atoms with Gasteiger partial charge in [0.1, 0.15) is 6.04 Å². The molecule has 10 heteroatoms. The van der Waals surface area contributed by atoms with Crippen molar-refractivity contribution in [3.05, 3.63) is 52.5 Å². The highest BCUT2D eigenvalue weighted by atomic mass is 35.5. The molecule has 1 amide bonds. The van der Waals surface area contributed by atoms with E-state index in [1.807, 2.05) is 6.07 Å². The van der Waals surface area contributed by atoms with E-state index in [-0.39, 0.29) is 54.7 Å². The number of aliphatic hydroxyl groups excluding tert-OH is 1. The van der Waals surface area contributed by atoms with Crippen molar-refractivity contribution < 1.29 is 9.90 Å². The lowest BCUT2D eigenvalue weighted by Gasteiger charge is -2.42. The average Bonchev–Trinajstić information content (AvgIpc) is 3.15. The number of halogens is 2. The Kier molecular flexibility index (Phi) is 7.65. The molecular weight excluding hydrogens is 405 g/mol. The summed E-state index contributed by atoms with van der Waals surface area (Å²) in [6.45, 7) is 1.35. The Morgan fingerprint density at radius 3 is 2.89 bits per heavy atom. The van der Waals surface area contributed by atoms with Crippen molar-refractivity contribution in [3.8, 4) is 0 Å². The van der Waals surface area contributed by atoms with Crippen molar-refractivity contribution in [1.29, 1.82) is 0 Å². The Balaban J connectivity index is 0.00000140. The van der Waals surface area contributed by atoms with Gasteiger partial charge in [0.05, 0.1) is 19.0 Å². The molecule has 0 unspecified atom stereocenters. The number of rotatable bonds is 5. The molecule has 0 saturated carbocycles. The second kappa shape index (κ2) is 9.56. The van der Waals surface area contributed by atoms with Crippen LogP contribution in [0.1, 0.15) is 29.8 Å². The Morgan fingerprint density at radius 2 is 2.18 bits per heavy atom. The molecule has 2 aromatic rings. The van der Waals surface area contributed by atoms with Crippen LogP contribution in [-0.4, -0.2) is 51.3 Å². The fourth-order valence-corrected chi connectivity index (χ4v) is 4.24. The van der Waals surface area contributed by atoms with Crippen LogP contribution in [0, 0.1) is 5.92 Å². The van der Waals surface area contributed by atoms with Gasteiger partial charge >= 0.3 is 0 Å². The number of aromatic nitrogens is 3. The van der Waals surface area contributed by atoms with Crippen LogP contribution in [0.5, 0.6) is 0 Å². The van der Waals surface area contributed by atoms with Gasteiger partial charge < -0.3 is 20.7 Å². The van der Waals surface area contributed by atoms with Gasteiger partial charge in [-0.3, -0.25) is 14.2 Å². The molecule has 0 aromatic carbocycles. The van der Waals surface area contributed by atoms with E-state index in [0.717, 1.165) is 24.4 Å². The summed E-state index contributed by atoms with van der Waals surface area (Å²) in [6, 6.07) is 4.21. The minimum absolute atomic E-state index is 0. The number of H-pyrrole nitrogens is 1. The predicted octanol–water partition coefficient (Wildman–Crippen LogP) is 0.383. The third-order valence-electron chi connectivity index (χ3n) is 5.41. The smallest absolute Gasteiger partial charge is 0.251 e. The van der Waals surface area contributed by atoms with Crippen molar-refractivity contribution in [1.82, 2.24) is 25.2 Å². The SMILES string of the molecule is Cl.Cl.O=C(N[C@H](CO)Cc1cnc[nH]1)[C@H]1[C@@H]2CNC[C@@H](C2)c2cccc(=O)n21. The summed E-state index contributed by atoms with van der Waals surface area (Å²) < 4.78 is 1.65. The van der Waals surface area contributed by atoms with E-state index in [9.17, 15) is 14.7 Å². The largest absolute Gasteiger partial charge is 0.394 e. The van der Waals surface area contributed by atoms with E-state index in [1.54, 1.807) is 23.2 Å². The summed E-state index contributed by atoms with van der Waals surface area (Å²) in [4.78, 5) is 32.5. The molecule has 1 fully saturated rings. The summed E-state index contributed by atoms with van der Waals surface area (Å²) in [6.07, 6.45) is 4.58. The zero-order valence-corrected chi connectivity index (χ0v) is 16.8. The number of fused-ring (bicyclic) bond motifs is 4. The van der Waals surface area contributed by atoms with Gasteiger partial charge in [-0.1, -0.05) is 6.07 Å². The minimum Gasteiger partial charge on any atom is -0.394 e. The Bertz CT molecular complexity index is 842. The third-order valence-corrected chi connectivity index (χ3v) is 5.41. The van der Waals surface area contributed by atoms with Gasteiger partial charge in [-0.25, -0.2) is 4.98 Å². The molecule has 2 aromatic heterocycles. The standard InChI is InChI=1S/C18H23N5O3.2ClH/c24-9-14(5-13-8-20-10-21-13)22-18(26)17-12-4-11(6-19-7-12)15-2-1-3-16(25)23(15)17;;/h1-3,8,10-12,14,17,19,24H,4-7,9H2,(H,20,21)(H,22,26);2*1H/t11-,12+,14+,17-;;/m1../s1. The molecule has 2 bridgehead atoms. The summed E-state index contributed by atoms with van der Waals surface area (Å²) in [5, 5.41) is 16.0. The van der Waals surface area contributed by atoms with Crippen LogP contribution in [0.4, 0.5) is 0 Å². The molecule has 28 heavy (non-hydrogen) atoms. The number of imidazole rings is 1. The fraction of sp³-hybridized carbons (Fsp3) is 0.500. The molecule has 4 rings (SSSR count). The lowest BCUT2D eigenvalue weighted by Crippen LogP contribution is -2.54. The molecule has 2 aliphatic rings. The van der Waals surface area contributed by atoms with Crippen LogP contribution < -0.4 is 16.2 Å². The van der Waals surface area contributed by atoms with Gasteiger partial charge in [0, 0.05) is 55.0 Å². The molecule has 4 atom stereocenters. The summed E-state index contributed by atoms with van der Waals surface area (Å²) >= 11 is 0. The van der Waals surface area contributed by atoms with Crippen LogP contribution in [-0.2, 0) is 11.2 Å². The number of pyridine rings is 1. The van der Waals surface area contributed by atoms with Crippen molar-refractivity contribution in [3.63, 3.8) is 0 Å². The van der Waals surface area contributed by atoms with Crippen molar-refractivity contribution >= 4 is 30.7 Å². The van der Waals surface area contributed by atoms with E-state index in [0.29, 0.717) is 13.0 Å². The van der Waals surface area contributed by atoms with Crippen LogP contribution in [0.15, 0.2) is 35.5 Å². The highest BCUT2D eigenvalue weighted by molar-refractivity contribution is 5.85. The molecule has 4 heterocycles. The molecule has 8 nitrogen and oxygen atoms in total. The van der Waals surface area contributed by atoms with Gasteiger partial charge in [0.15, 0.2) is 0 Å². The monoisotopic (exact) mass is 429 g/mol. The maximum atomic E-state index is 13.1. The first kappa shape index (κ1) is 22.4. The molecule has 1 saturated heterocycles. The van der Waals surface area contributed by atoms with E-state index in [2.05, 4.69) is 20.6 Å². The van der Waals surface area contributed by atoms with Crippen LogP contribution in [0.2, 0.25) is 0 Å². The van der Waals surface area contributed by atoms with Gasteiger partial charge in [-0.2, -0.15) is 0 Å². The van der Waals surface area contributed by atoms with Crippen LogP contribution >= 0.6 is 24.8 Å². The lowest BCUT2D eigenvalue weighted by atomic mass is 9.79. The topological polar surface area (TPSA) is 112 Å². The number of nitrogens with one attached hydrogen (secondary N) is 3. The number of aromatic amines is 1. The van der Waals surface area contributed by atoms with Crippen LogP contribution in [0.3, 0.4) is 0 Å². The van der Waals surface area contributed by atoms with Gasteiger partial charge in [0.25, 0.3) is 5.56 Å². The van der Waals surface area contributed by atoms with Gasteiger partial charge in [-0.05, 0) is 12.5 Å². The Morgan fingerprint density at radius 1 is 1.36 bits per heavy atom. The molecule has 4 N–H and O–H groups in total. The zero-order valence-electron chi connectivity index (χ0n) is 15.2. The zero-order chi connectivity index (χ0) is 18.1. The lowest BCUT2D eigenvalue weighted by molar-refractivity contribution is -0.128. The highest BCUT2D eigenvalue weighted by Crippen LogP contribution is 2.38. The first-order chi connectivity index (χ1) is 12.7. The second-order valence-electron chi connectivity index (χ2n) is 7.12. The van der Waals surface area contributed by atoms with E-state index in [1.165, 1.54) is 6.07 Å². The van der Waals surface area contributed by atoms with Crippen LogP contribution in [0.25, 0.3) is 0 Å². The molecule has 0 radical (unpaired) electrons. The summed E-state index contributed by atoms with van der Waals surface area (Å²) in [5.41, 5.74) is 1.61. The first-order valence-electron chi connectivity index (χ1n) is 8.98. The number of aliphatic hydroxyl groups is 1. The number of carbonyl (C=O) groups is 1. The molecule has 2 aliphatic heterocycles. The fourth-order valence-electron chi connectivity index (χ4n) is 4.24. The maximum Gasteiger partial charge on any atom is 0.251 e. The first-order valence-corrected chi connectivity index (χ1v) is 8.98. The minimum atomic E-state index is -0.557. The third kappa shape index (κ3) is 4.25. The number of piperidine rings is 1. The Labute approximate surface area is 175 Å². The molecule has 0 aliphatic carbocycles. The molecular formula is C18H25Cl2N5O3. The number of hydrogen-bond donors (Lipinski definition) is 4. The number of hydrogen-bond acceptors (Lipinski definition) is 5. The Hall–Kier alpha value is -1.87. The summed E-state index contributed by atoms with van der Waals surface area (Å²) in [5.74, 6) is 0.100. The molecule has 0 spiro atoms. The van der Waals surface area contributed by atoms with Gasteiger partial charge in [-0.15, -0.1) is 24.8 Å². The number of amides is 1. The van der Waals surface area contributed by atoms with Crippen molar-refractivity contribution in [2.24, 2.45) is 5.92 Å². The van der Waals surface area contributed by atoms with E-state index in [4.69, 9.17) is 0 Å². The van der Waals surface area contributed by atoms with Crippen molar-refractivity contribution in [2.45, 2.75) is 30.8 Å². The predicted molar refractivity (Wildman–Crippen MR) is 109 cm³/mol. The van der Waals surface area contributed by atoms with E-state index < -0.39 is 12.1 Å². The van der Waals surface area contributed by atoms with E-state index >= 15 is 0 Å². The van der Waals surface area contributed by atoms with Crippen molar-refractivity contribution in [2.75, 3.05) is 19.7 Å². The maximum absolute atomic E-state index is 13.1. The highest BCUT2D eigenvalue weighted by Gasteiger charge is 2.41. The number of nitrogens with zero attached hydrogens (tertiary/aromatic N) is 2. The number of carbonyl (C=O) groups excluding carboxylic acids is 1. The second-order valence-corrected chi connectivity index (χ2v) is 7.12. The molecule has 154 valence electrons. The van der Waals surface area contributed by atoms with Gasteiger partial charge in [0.2, 0.25) is 5.91 Å².